The number of methoxy groups -OCH3 is 3. The maximum Gasteiger partial charge on any atom is 0.303 e. The van der Waals surface area contributed by atoms with Crippen LogP contribution < -0.4 is 0 Å². The van der Waals surface area contributed by atoms with Crippen molar-refractivity contribution in [2.45, 2.75) is 109 Å². The van der Waals surface area contributed by atoms with Crippen molar-refractivity contribution in [3.8, 4) is 0 Å². The van der Waals surface area contributed by atoms with Crippen LogP contribution in [0.3, 0.4) is 0 Å². The van der Waals surface area contributed by atoms with Gasteiger partial charge in [-0.2, -0.15) is 0 Å². The van der Waals surface area contributed by atoms with Crippen molar-refractivity contribution in [1.82, 2.24) is 0 Å². The molecule has 1 N–H and O–H groups in total. The van der Waals surface area contributed by atoms with Crippen LogP contribution >= 0.6 is 0 Å². The quantitative estimate of drug-likeness (QED) is 0.315. The van der Waals surface area contributed by atoms with Gasteiger partial charge in [0.15, 0.2) is 0 Å². The van der Waals surface area contributed by atoms with Gasteiger partial charge in [0.2, 0.25) is 0 Å². The van der Waals surface area contributed by atoms with Crippen molar-refractivity contribution >= 4 is 5.97 Å². The van der Waals surface area contributed by atoms with Gasteiger partial charge in [-0.1, -0.05) is 39.0 Å². The predicted octanol–water partition coefficient (Wildman–Crippen LogP) is 5.21. The van der Waals surface area contributed by atoms with Crippen molar-refractivity contribution in [3.63, 3.8) is 0 Å². The van der Waals surface area contributed by atoms with Crippen LogP contribution in [0.25, 0.3) is 0 Å². The van der Waals surface area contributed by atoms with Gasteiger partial charge < -0.3 is 19.3 Å². The largest absolute Gasteiger partial charge is 0.481 e. The van der Waals surface area contributed by atoms with Gasteiger partial charge in [-0.3, -0.25) is 4.79 Å². The molecule has 0 aromatic carbocycles. The van der Waals surface area contributed by atoms with E-state index in [2.05, 4.69) is 6.92 Å². The molecule has 0 rings (SSSR count). The van der Waals surface area contributed by atoms with Crippen molar-refractivity contribution < 1.29 is 24.1 Å². The molecule has 0 bridgehead atoms. The first-order valence-electron chi connectivity index (χ1n) is 10.4. The number of unbranched alkanes of at least 4 members (excludes halogenated alkanes) is 5. The average Bonchev–Trinajstić information content (AvgIpc) is 2.64. The van der Waals surface area contributed by atoms with Crippen molar-refractivity contribution in [1.29, 1.82) is 0 Å². The molecule has 0 aromatic heterocycles. The summed E-state index contributed by atoms with van der Waals surface area (Å²) in [5, 5.41) is 8.61. The van der Waals surface area contributed by atoms with Crippen LogP contribution in [0, 0.1) is 0 Å². The first-order valence-corrected chi connectivity index (χ1v) is 10.4. The second-order valence-corrected chi connectivity index (χ2v) is 7.20. The lowest BCUT2D eigenvalue weighted by Gasteiger charge is -2.22. The van der Waals surface area contributed by atoms with Crippen LogP contribution in [0.4, 0.5) is 0 Å². The molecule has 0 saturated heterocycles. The number of aliphatic carboxylic acids is 1. The van der Waals surface area contributed by atoms with E-state index in [0.717, 1.165) is 64.2 Å². The lowest BCUT2D eigenvalue weighted by atomic mass is 9.99. The fourth-order valence-electron chi connectivity index (χ4n) is 3.37. The molecule has 5 heteroatoms. The molecule has 0 saturated carbocycles. The fraction of sp³-hybridized carbons (Fsp3) is 0.952. The molecule has 0 radical (unpaired) electrons. The van der Waals surface area contributed by atoms with E-state index >= 15 is 0 Å². The number of carbonyl (C=O) groups is 1. The molecule has 3 unspecified atom stereocenters. The maximum absolute atomic E-state index is 10.5. The fourth-order valence-corrected chi connectivity index (χ4v) is 3.37. The van der Waals surface area contributed by atoms with E-state index in [9.17, 15) is 4.79 Å². The minimum Gasteiger partial charge on any atom is -0.481 e. The highest BCUT2D eigenvalue weighted by Crippen LogP contribution is 2.19. The second-order valence-electron chi connectivity index (χ2n) is 7.20. The van der Waals surface area contributed by atoms with Crippen LogP contribution in [-0.2, 0) is 19.0 Å². The average molecular weight is 375 g/mol. The van der Waals surface area contributed by atoms with Gasteiger partial charge in [0.05, 0.1) is 18.3 Å². The first kappa shape index (κ1) is 25.4. The zero-order valence-electron chi connectivity index (χ0n) is 17.5. The Labute approximate surface area is 160 Å². The third kappa shape index (κ3) is 14.5. The Balaban J connectivity index is 3.81. The predicted molar refractivity (Wildman–Crippen MR) is 106 cm³/mol. The minimum atomic E-state index is -0.687. The Hall–Kier alpha value is -0.650. The van der Waals surface area contributed by atoms with Crippen molar-refractivity contribution in [2.75, 3.05) is 21.3 Å². The molecular formula is C21H42O5. The van der Waals surface area contributed by atoms with Gasteiger partial charge >= 0.3 is 5.97 Å². The van der Waals surface area contributed by atoms with Gasteiger partial charge in [0.25, 0.3) is 0 Å². The van der Waals surface area contributed by atoms with Crippen LogP contribution in [-0.4, -0.2) is 50.7 Å². The summed E-state index contributed by atoms with van der Waals surface area (Å²) in [7, 11) is 5.37. The Morgan fingerprint density at radius 2 is 1.19 bits per heavy atom. The summed E-state index contributed by atoms with van der Waals surface area (Å²) in [6.45, 7) is 2.16. The molecule has 0 aliphatic rings. The summed E-state index contributed by atoms with van der Waals surface area (Å²) in [6, 6.07) is 0. The van der Waals surface area contributed by atoms with E-state index in [1.54, 1.807) is 21.3 Å². The summed E-state index contributed by atoms with van der Waals surface area (Å²) >= 11 is 0. The topological polar surface area (TPSA) is 65.0 Å². The van der Waals surface area contributed by atoms with Crippen LogP contribution in [0.2, 0.25) is 0 Å². The highest BCUT2D eigenvalue weighted by Gasteiger charge is 2.16. The monoisotopic (exact) mass is 374 g/mol. The number of carboxylic acid groups (broad SMARTS) is 1. The number of ether oxygens (including phenoxy) is 3. The molecule has 156 valence electrons. The summed E-state index contributed by atoms with van der Waals surface area (Å²) in [5.41, 5.74) is 0. The van der Waals surface area contributed by atoms with Crippen LogP contribution in [0.5, 0.6) is 0 Å². The number of rotatable bonds is 19. The highest BCUT2D eigenvalue weighted by atomic mass is 16.5. The molecule has 0 aliphatic heterocycles. The molecule has 26 heavy (non-hydrogen) atoms. The van der Waals surface area contributed by atoms with Gasteiger partial charge in [-0.25, -0.2) is 0 Å². The maximum atomic E-state index is 10.5. The Morgan fingerprint density at radius 1 is 0.731 bits per heavy atom. The molecule has 0 fully saturated rings. The first-order chi connectivity index (χ1) is 12.6. The molecule has 3 atom stereocenters. The smallest absolute Gasteiger partial charge is 0.303 e. The minimum absolute atomic E-state index is 0.255. The van der Waals surface area contributed by atoms with E-state index in [1.807, 2.05) is 0 Å². The zero-order chi connectivity index (χ0) is 19.6. The summed E-state index contributed by atoms with van der Waals surface area (Å²) in [6.07, 6.45) is 14.0. The van der Waals surface area contributed by atoms with E-state index < -0.39 is 5.97 Å². The second kappa shape index (κ2) is 17.7. The van der Waals surface area contributed by atoms with E-state index in [0.29, 0.717) is 12.5 Å². The number of hydrogen-bond acceptors (Lipinski definition) is 4. The lowest BCUT2D eigenvalue weighted by Crippen LogP contribution is -2.22. The normalized spacial score (nSPS) is 14.9. The zero-order valence-corrected chi connectivity index (χ0v) is 17.5. The van der Waals surface area contributed by atoms with E-state index in [4.69, 9.17) is 19.3 Å². The summed E-state index contributed by atoms with van der Waals surface area (Å²) < 4.78 is 16.7. The highest BCUT2D eigenvalue weighted by molar-refractivity contribution is 5.66. The molecule has 0 amide bonds. The van der Waals surface area contributed by atoms with Gasteiger partial charge in [-0.15, -0.1) is 0 Å². The molecule has 0 aromatic rings. The summed E-state index contributed by atoms with van der Waals surface area (Å²) in [5.74, 6) is -0.687. The third-order valence-corrected chi connectivity index (χ3v) is 5.20. The van der Waals surface area contributed by atoms with Crippen molar-refractivity contribution in [3.05, 3.63) is 0 Å². The molecule has 0 heterocycles. The Bertz CT molecular complexity index is 318. The van der Waals surface area contributed by atoms with Crippen LogP contribution in [0.1, 0.15) is 90.4 Å². The molecule has 0 aliphatic carbocycles. The number of carboxylic acids is 1. The third-order valence-electron chi connectivity index (χ3n) is 5.20. The van der Waals surface area contributed by atoms with Gasteiger partial charge in [0.1, 0.15) is 0 Å². The molecule has 0 spiro atoms. The molecular weight excluding hydrogens is 332 g/mol. The molecule has 5 nitrogen and oxygen atoms in total. The van der Waals surface area contributed by atoms with E-state index in [-0.39, 0.29) is 12.2 Å². The van der Waals surface area contributed by atoms with Gasteiger partial charge in [0, 0.05) is 27.8 Å². The number of hydrogen-bond donors (Lipinski definition) is 1. The van der Waals surface area contributed by atoms with Crippen LogP contribution in [0.15, 0.2) is 0 Å². The SMILES string of the molecule is CCC(CCCC(CC(CCCCCCCCC(=O)O)OC)OC)OC. The Morgan fingerprint density at radius 3 is 1.69 bits per heavy atom. The lowest BCUT2D eigenvalue weighted by molar-refractivity contribution is -0.137. The van der Waals surface area contributed by atoms with Crippen molar-refractivity contribution in [2.24, 2.45) is 0 Å². The summed E-state index contributed by atoms with van der Waals surface area (Å²) in [4.78, 5) is 10.5. The van der Waals surface area contributed by atoms with E-state index in [1.165, 1.54) is 12.8 Å². The standard InChI is InChI=1S/C21H42O5/c1-5-18(24-2)14-12-15-20(26-4)17-19(25-3)13-10-8-6-7-9-11-16-21(22)23/h18-20H,5-17H2,1-4H3,(H,22,23). The van der Waals surface area contributed by atoms with Gasteiger partial charge in [-0.05, 0) is 44.9 Å². The Kier molecular flexibility index (Phi) is 17.3.